The minimum absolute atomic E-state index is 0.0336. The molecule has 0 aliphatic rings. The van der Waals surface area contributed by atoms with Gasteiger partial charge in [0.15, 0.2) is 0 Å². The Hall–Kier alpha value is -3.02. The highest BCUT2D eigenvalue weighted by Crippen LogP contribution is 2.38. The van der Waals surface area contributed by atoms with E-state index in [1.54, 1.807) is 4.72 Å². The summed E-state index contributed by atoms with van der Waals surface area (Å²) in [7, 11) is -3.95. The average Bonchev–Trinajstić information content (AvgIpc) is 3.13. The summed E-state index contributed by atoms with van der Waals surface area (Å²) in [4.78, 5) is 25.0. The van der Waals surface area contributed by atoms with E-state index in [0.717, 1.165) is 24.5 Å². The van der Waals surface area contributed by atoms with Gasteiger partial charge in [0.1, 0.15) is 5.76 Å². The standard InChI is InChI=1S/C20H13Cl2F3N2O5S/c1-33(30,31)27-19(29)13-7-6-12(22)8-15(13)26-18(28)14-9-16(32-17(14)20(23,24)25)10-2-4-11(21)5-3-10/h2-9H,1H3,(H,26,28)(H,27,29). The van der Waals surface area contributed by atoms with Crippen molar-refractivity contribution in [1.29, 1.82) is 0 Å². The maximum Gasteiger partial charge on any atom is 0.450 e. The predicted octanol–water partition coefficient (Wildman–Crippen LogP) is 5.21. The van der Waals surface area contributed by atoms with Crippen molar-refractivity contribution >= 4 is 50.7 Å². The van der Waals surface area contributed by atoms with Gasteiger partial charge < -0.3 is 9.73 Å². The first-order chi connectivity index (χ1) is 15.2. The van der Waals surface area contributed by atoms with E-state index >= 15 is 0 Å². The normalized spacial score (nSPS) is 11.8. The molecular weight excluding hydrogens is 508 g/mol. The molecule has 2 N–H and O–H groups in total. The third-order valence-corrected chi connectivity index (χ3v) is 5.16. The maximum atomic E-state index is 13.6. The fraction of sp³-hybridized carbons (Fsp3) is 0.100. The number of carbonyl (C=O) groups is 2. The van der Waals surface area contributed by atoms with Crippen LogP contribution in [0.3, 0.4) is 0 Å². The number of hydrogen-bond acceptors (Lipinski definition) is 5. The highest BCUT2D eigenvalue weighted by molar-refractivity contribution is 7.89. The van der Waals surface area contributed by atoms with Crippen molar-refractivity contribution in [2.75, 3.05) is 11.6 Å². The van der Waals surface area contributed by atoms with Crippen molar-refractivity contribution in [2.45, 2.75) is 6.18 Å². The summed E-state index contributed by atoms with van der Waals surface area (Å²) < 4.78 is 70.0. The third kappa shape index (κ3) is 6.06. The van der Waals surface area contributed by atoms with Gasteiger partial charge in [-0.15, -0.1) is 0 Å². The van der Waals surface area contributed by atoms with Gasteiger partial charge in [-0.25, -0.2) is 13.1 Å². The summed E-state index contributed by atoms with van der Waals surface area (Å²) in [6.45, 7) is 0. The summed E-state index contributed by atoms with van der Waals surface area (Å²) in [6, 6.07) is 10.0. The molecule has 0 bridgehead atoms. The Bertz CT molecular complexity index is 1340. The van der Waals surface area contributed by atoms with Crippen LogP contribution in [0, 0.1) is 0 Å². The van der Waals surface area contributed by atoms with Crippen LogP contribution in [0.5, 0.6) is 0 Å². The van der Waals surface area contributed by atoms with E-state index in [-0.39, 0.29) is 27.6 Å². The Kier molecular flexibility index (Phi) is 6.78. The molecule has 0 radical (unpaired) electrons. The molecule has 3 aromatic rings. The molecule has 0 saturated heterocycles. The molecule has 33 heavy (non-hydrogen) atoms. The SMILES string of the molecule is CS(=O)(=O)NC(=O)c1ccc(Cl)cc1NC(=O)c1cc(-c2ccc(Cl)cc2)oc1C(F)(F)F. The molecule has 0 fully saturated rings. The van der Waals surface area contributed by atoms with Crippen LogP contribution in [0.25, 0.3) is 11.3 Å². The number of amides is 2. The lowest BCUT2D eigenvalue weighted by molar-refractivity contribution is -0.153. The number of alkyl halides is 3. The van der Waals surface area contributed by atoms with Gasteiger partial charge >= 0.3 is 6.18 Å². The zero-order valence-corrected chi connectivity index (χ0v) is 18.8. The monoisotopic (exact) mass is 520 g/mol. The lowest BCUT2D eigenvalue weighted by Gasteiger charge is -2.12. The zero-order chi connectivity index (χ0) is 24.6. The first-order valence-electron chi connectivity index (χ1n) is 8.84. The van der Waals surface area contributed by atoms with Crippen LogP contribution in [0.2, 0.25) is 10.0 Å². The second kappa shape index (κ2) is 9.08. The number of sulfonamides is 1. The first kappa shape index (κ1) is 24.6. The van der Waals surface area contributed by atoms with Crippen LogP contribution < -0.4 is 10.0 Å². The van der Waals surface area contributed by atoms with Crippen LogP contribution in [0.1, 0.15) is 26.5 Å². The largest absolute Gasteiger partial charge is 0.451 e. The Labute approximate surface area is 195 Å². The van der Waals surface area contributed by atoms with Gasteiger partial charge in [-0.2, -0.15) is 13.2 Å². The number of halogens is 5. The Morgan fingerprint density at radius 1 is 0.909 bits per heavy atom. The molecule has 7 nitrogen and oxygen atoms in total. The van der Waals surface area contributed by atoms with Gasteiger partial charge in [0.05, 0.1) is 23.1 Å². The lowest BCUT2D eigenvalue weighted by Crippen LogP contribution is -2.30. The number of furan rings is 1. The van der Waals surface area contributed by atoms with Gasteiger partial charge in [0.2, 0.25) is 15.8 Å². The number of nitrogens with one attached hydrogen (secondary N) is 2. The molecule has 1 heterocycles. The van der Waals surface area contributed by atoms with Crippen molar-refractivity contribution in [3.8, 4) is 11.3 Å². The molecule has 0 saturated carbocycles. The fourth-order valence-corrected chi connectivity index (χ4v) is 3.50. The van der Waals surface area contributed by atoms with Crippen molar-refractivity contribution in [3.05, 3.63) is 75.5 Å². The number of anilines is 1. The van der Waals surface area contributed by atoms with Crippen molar-refractivity contribution in [1.82, 2.24) is 4.72 Å². The van der Waals surface area contributed by atoms with E-state index in [0.29, 0.717) is 5.02 Å². The Morgan fingerprint density at radius 2 is 1.52 bits per heavy atom. The number of hydrogen-bond donors (Lipinski definition) is 2. The number of rotatable bonds is 5. The molecule has 3 rings (SSSR count). The molecule has 2 amide bonds. The molecular formula is C20H13Cl2F3N2O5S. The summed E-state index contributed by atoms with van der Waals surface area (Å²) in [6.07, 6.45) is -4.28. The summed E-state index contributed by atoms with van der Waals surface area (Å²) in [5, 5.41) is 2.54. The first-order valence-corrected chi connectivity index (χ1v) is 11.5. The maximum absolute atomic E-state index is 13.6. The van der Waals surface area contributed by atoms with E-state index in [1.165, 1.54) is 30.3 Å². The third-order valence-electron chi connectivity index (χ3n) is 4.12. The van der Waals surface area contributed by atoms with Crippen LogP contribution in [0.15, 0.2) is 52.9 Å². The minimum atomic E-state index is -5.01. The molecule has 0 spiro atoms. The second-order valence-electron chi connectivity index (χ2n) is 6.71. The van der Waals surface area contributed by atoms with Gasteiger partial charge in [0.25, 0.3) is 11.8 Å². The van der Waals surface area contributed by atoms with Crippen LogP contribution in [0.4, 0.5) is 18.9 Å². The fourth-order valence-electron chi connectivity index (χ4n) is 2.76. The molecule has 0 aliphatic heterocycles. The molecule has 2 aromatic carbocycles. The zero-order valence-electron chi connectivity index (χ0n) is 16.5. The van der Waals surface area contributed by atoms with E-state index in [4.69, 9.17) is 27.6 Å². The Morgan fingerprint density at radius 3 is 2.09 bits per heavy atom. The predicted molar refractivity (Wildman–Crippen MR) is 116 cm³/mol. The van der Waals surface area contributed by atoms with Gasteiger partial charge in [-0.05, 0) is 48.5 Å². The molecule has 13 heteroatoms. The molecule has 174 valence electrons. The number of carbonyl (C=O) groups excluding carboxylic acids is 2. The van der Waals surface area contributed by atoms with Crippen LogP contribution in [-0.4, -0.2) is 26.5 Å². The second-order valence-corrected chi connectivity index (χ2v) is 9.33. The molecule has 0 aliphatic carbocycles. The molecule has 0 atom stereocenters. The van der Waals surface area contributed by atoms with Crippen molar-refractivity contribution < 1.29 is 35.6 Å². The summed E-state index contributed by atoms with van der Waals surface area (Å²) in [5.74, 6) is -4.18. The average molecular weight is 521 g/mol. The molecule has 0 unspecified atom stereocenters. The topological polar surface area (TPSA) is 105 Å². The summed E-state index contributed by atoms with van der Waals surface area (Å²) >= 11 is 11.7. The lowest BCUT2D eigenvalue weighted by atomic mass is 10.1. The van der Waals surface area contributed by atoms with E-state index in [9.17, 15) is 31.2 Å². The van der Waals surface area contributed by atoms with Gasteiger partial charge in [-0.1, -0.05) is 23.2 Å². The number of benzene rings is 2. The highest BCUT2D eigenvalue weighted by atomic mass is 35.5. The Balaban J connectivity index is 2.02. The van der Waals surface area contributed by atoms with Gasteiger partial charge in [0, 0.05) is 15.6 Å². The van der Waals surface area contributed by atoms with E-state index in [1.807, 2.05) is 0 Å². The molecule has 1 aromatic heterocycles. The van der Waals surface area contributed by atoms with E-state index < -0.39 is 39.3 Å². The smallest absolute Gasteiger partial charge is 0.450 e. The van der Waals surface area contributed by atoms with Crippen molar-refractivity contribution in [3.63, 3.8) is 0 Å². The highest BCUT2D eigenvalue weighted by Gasteiger charge is 2.40. The van der Waals surface area contributed by atoms with Crippen LogP contribution in [-0.2, 0) is 16.2 Å². The van der Waals surface area contributed by atoms with Gasteiger partial charge in [-0.3, -0.25) is 9.59 Å². The summed E-state index contributed by atoms with van der Waals surface area (Å²) in [5.41, 5.74) is -1.27. The quantitative estimate of drug-likeness (QED) is 0.480. The minimum Gasteiger partial charge on any atom is -0.451 e. The van der Waals surface area contributed by atoms with E-state index in [2.05, 4.69) is 5.32 Å². The van der Waals surface area contributed by atoms with Crippen molar-refractivity contribution in [2.24, 2.45) is 0 Å². The van der Waals surface area contributed by atoms with Crippen LogP contribution >= 0.6 is 23.2 Å².